The van der Waals surface area contributed by atoms with Crippen LogP contribution in [0.25, 0.3) is 6.08 Å². The maximum atomic E-state index is 11.5. The van der Waals surface area contributed by atoms with Gasteiger partial charge in [-0.15, -0.1) is 0 Å². The second-order valence-electron chi connectivity index (χ2n) is 3.70. The highest BCUT2D eigenvalue weighted by Gasteiger charge is 2.05. The molecule has 0 heterocycles. The van der Waals surface area contributed by atoms with Gasteiger partial charge in [0, 0.05) is 23.2 Å². The number of carbonyl (C=O) groups is 2. The van der Waals surface area contributed by atoms with E-state index in [0.717, 1.165) is 12.5 Å². The molecule has 0 aliphatic heterocycles. The van der Waals surface area contributed by atoms with Crippen LogP contribution in [0, 0.1) is 0 Å². The summed E-state index contributed by atoms with van der Waals surface area (Å²) < 4.78 is 0. The molecule has 0 aliphatic rings. The Morgan fingerprint density at radius 2 is 2.17 bits per heavy atom. The van der Waals surface area contributed by atoms with Crippen molar-refractivity contribution < 1.29 is 14.7 Å². The van der Waals surface area contributed by atoms with Crippen LogP contribution in [0.1, 0.15) is 25.3 Å². The number of amides is 1. The van der Waals surface area contributed by atoms with Gasteiger partial charge in [0.25, 0.3) is 0 Å². The van der Waals surface area contributed by atoms with Crippen LogP contribution < -0.4 is 5.32 Å². The minimum Gasteiger partial charge on any atom is -0.478 e. The van der Waals surface area contributed by atoms with Crippen molar-refractivity contribution >= 4 is 35.2 Å². The molecule has 0 spiro atoms. The van der Waals surface area contributed by atoms with E-state index in [0.29, 0.717) is 22.7 Å². The summed E-state index contributed by atoms with van der Waals surface area (Å²) in [6.07, 6.45) is 3.57. The van der Waals surface area contributed by atoms with Crippen LogP contribution in [0.15, 0.2) is 24.3 Å². The van der Waals surface area contributed by atoms with Crippen LogP contribution in [-0.4, -0.2) is 17.0 Å². The largest absolute Gasteiger partial charge is 0.478 e. The van der Waals surface area contributed by atoms with E-state index in [-0.39, 0.29) is 5.91 Å². The summed E-state index contributed by atoms with van der Waals surface area (Å²) in [6, 6.07) is 4.89. The zero-order valence-electron chi connectivity index (χ0n) is 9.94. The van der Waals surface area contributed by atoms with Crippen molar-refractivity contribution in [2.24, 2.45) is 0 Å². The average molecular weight is 268 g/mol. The van der Waals surface area contributed by atoms with Crippen LogP contribution in [0.3, 0.4) is 0 Å². The minimum absolute atomic E-state index is 0.107. The molecule has 0 saturated carbocycles. The molecule has 0 atom stereocenters. The summed E-state index contributed by atoms with van der Waals surface area (Å²) >= 11 is 5.84. The minimum atomic E-state index is -1.05. The van der Waals surface area contributed by atoms with Crippen LogP contribution in [0.2, 0.25) is 5.02 Å². The van der Waals surface area contributed by atoms with Crippen molar-refractivity contribution in [3.8, 4) is 0 Å². The van der Waals surface area contributed by atoms with Crippen LogP contribution in [-0.2, 0) is 9.59 Å². The predicted octanol–water partition coefficient (Wildman–Crippen LogP) is 3.18. The lowest BCUT2D eigenvalue weighted by atomic mass is 10.1. The zero-order valence-corrected chi connectivity index (χ0v) is 10.7. The third kappa shape index (κ3) is 4.59. The van der Waals surface area contributed by atoms with Gasteiger partial charge in [0.15, 0.2) is 0 Å². The van der Waals surface area contributed by atoms with E-state index in [2.05, 4.69) is 5.32 Å². The highest BCUT2D eigenvalue weighted by molar-refractivity contribution is 6.30. The van der Waals surface area contributed by atoms with Gasteiger partial charge in [-0.2, -0.15) is 0 Å². The van der Waals surface area contributed by atoms with E-state index in [1.807, 2.05) is 6.92 Å². The number of hydrogen-bond acceptors (Lipinski definition) is 2. The number of aliphatic carboxylic acids is 1. The van der Waals surface area contributed by atoms with Gasteiger partial charge in [-0.1, -0.05) is 18.5 Å². The van der Waals surface area contributed by atoms with E-state index < -0.39 is 5.97 Å². The molecule has 96 valence electrons. The van der Waals surface area contributed by atoms with Crippen LogP contribution in [0.5, 0.6) is 0 Å². The Morgan fingerprint density at radius 3 is 2.78 bits per heavy atom. The van der Waals surface area contributed by atoms with Crippen molar-refractivity contribution in [2.75, 3.05) is 5.32 Å². The molecular weight excluding hydrogens is 254 g/mol. The van der Waals surface area contributed by atoms with Crippen molar-refractivity contribution in [1.82, 2.24) is 0 Å². The normalized spacial score (nSPS) is 10.6. The molecular formula is C13H14ClNO3. The summed E-state index contributed by atoms with van der Waals surface area (Å²) in [7, 11) is 0. The number of hydrogen-bond donors (Lipinski definition) is 2. The highest BCUT2D eigenvalue weighted by atomic mass is 35.5. The molecule has 0 fully saturated rings. The molecule has 5 heteroatoms. The maximum absolute atomic E-state index is 11.5. The first kappa shape index (κ1) is 14.3. The van der Waals surface area contributed by atoms with E-state index in [1.165, 1.54) is 6.08 Å². The monoisotopic (exact) mass is 267 g/mol. The molecule has 0 radical (unpaired) electrons. The summed E-state index contributed by atoms with van der Waals surface area (Å²) in [4.78, 5) is 22.0. The van der Waals surface area contributed by atoms with Crippen molar-refractivity contribution in [1.29, 1.82) is 0 Å². The second-order valence-corrected chi connectivity index (χ2v) is 4.14. The Hall–Kier alpha value is -1.81. The molecule has 0 unspecified atom stereocenters. The number of rotatable bonds is 5. The Bertz CT molecular complexity index is 483. The molecule has 4 nitrogen and oxygen atoms in total. The van der Waals surface area contributed by atoms with Gasteiger partial charge in [0.1, 0.15) is 0 Å². The molecule has 0 saturated heterocycles. The van der Waals surface area contributed by atoms with Crippen molar-refractivity contribution in [3.63, 3.8) is 0 Å². The molecule has 0 aliphatic carbocycles. The number of benzene rings is 1. The van der Waals surface area contributed by atoms with Crippen LogP contribution in [0.4, 0.5) is 5.69 Å². The zero-order chi connectivity index (χ0) is 13.5. The van der Waals surface area contributed by atoms with E-state index in [4.69, 9.17) is 16.7 Å². The first-order valence-electron chi connectivity index (χ1n) is 5.53. The fraction of sp³-hybridized carbons (Fsp3) is 0.231. The van der Waals surface area contributed by atoms with Crippen LogP contribution >= 0.6 is 11.6 Å². The standard InChI is InChI=1S/C13H14ClNO3/c1-2-3-12(16)15-11-6-5-10(14)8-9(11)4-7-13(17)18/h4-8H,2-3H2,1H3,(H,15,16)(H,17,18)/b7-4+. The fourth-order valence-electron chi connectivity index (χ4n) is 1.39. The Morgan fingerprint density at radius 1 is 1.44 bits per heavy atom. The lowest BCUT2D eigenvalue weighted by Crippen LogP contribution is -2.11. The Balaban J connectivity index is 2.96. The first-order chi connectivity index (χ1) is 8.52. The number of anilines is 1. The third-order valence-corrected chi connectivity index (χ3v) is 2.41. The third-order valence-electron chi connectivity index (χ3n) is 2.17. The molecule has 0 bridgehead atoms. The number of carboxylic acid groups (broad SMARTS) is 1. The molecule has 0 aromatic heterocycles. The predicted molar refractivity (Wildman–Crippen MR) is 71.7 cm³/mol. The van der Waals surface area contributed by atoms with E-state index >= 15 is 0 Å². The van der Waals surface area contributed by atoms with E-state index in [9.17, 15) is 9.59 Å². The molecule has 1 rings (SSSR count). The smallest absolute Gasteiger partial charge is 0.328 e. The van der Waals surface area contributed by atoms with Gasteiger partial charge in [-0.25, -0.2) is 4.79 Å². The lowest BCUT2D eigenvalue weighted by Gasteiger charge is -2.08. The quantitative estimate of drug-likeness (QED) is 0.805. The summed E-state index contributed by atoms with van der Waals surface area (Å²) in [5.74, 6) is -1.16. The summed E-state index contributed by atoms with van der Waals surface area (Å²) in [5.41, 5.74) is 1.12. The molecule has 18 heavy (non-hydrogen) atoms. The second kappa shape index (κ2) is 6.81. The van der Waals surface area contributed by atoms with Gasteiger partial charge in [0.05, 0.1) is 0 Å². The Kier molecular flexibility index (Phi) is 5.39. The molecule has 1 amide bonds. The number of carbonyl (C=O) groups excluding carboxylic acids is 1. The maximum Gasteiger partial charge on any atom is 0.328 e. The van der Waals surface area contributed by atoms with Crippen molar-refractivity contribution in [2.45, 2.75) is 19.8 Å². The summed E-state index contributed by atoms with van der Waals surface area (Å²) in [6.45, 7) is 1.91. The van der Waals surface area contributed by atoms with Crippen molar-refractivity contribution in [3.05, 3.63) is 34.9 Å². The Labute approximate surface area is 110 Å². The summed E-state index contributed by atoms with van der Waals surface area (Å²) in [5, 5.41) is 11.8. The molecule has 1 aromatic carbocycles. The molecule has 1 aromatic rings. The SMILES string of the molecule is CCCC(=O)Nc1ccc(Cl)cc1/C=C/C(=O)O. The fourth-order valence-corrected chi connectivity index (χ4v) is 1.57. The average Bonchev–Trinajstić information content (AvgIpc) is 2.29. The number of nitrogens with one attached hydrogen (secondary N) is 1. The molecule has 2 N–H and O–H groups in total. The van der Waals surface area contributed by atoms with Gasteiger partial charge in [-0.05, 0) is 36.3 Å². The van der Waals surface area contributed by atoms with E-state index in [1.54, 1.807) is 18.2 Å². The number of halogens is 1. The lowest BCUT2D eigenvalue weighted by molar-refractivity contribution is -0.131. The van der Waals surface area contributed by atoms with Gasteiger partial charge < -0.3 is 10.4 Å². The van der Waals surface area contributed by atoms with Gasteiger partial charge in [0.2, 0.25) is 5.91 Å². The van der Waals surface area contributed by atoms with Gasteiger partial charge >= 0.3 is 5.97 Å². The first-order valence-corrected chi connectivity index (χ1v) is 5.91. The van der Waals surface area contributed by atoms with Gasteiger partial charge in [-0.3, -0.25) is 4.79 Å². The number of carboxylic acids is 1. The topological polar surface area (TPSA) is 66.4 Å². The highest BCUT2D eigenvalue weighted by Crippen LogP contribution is 2.22.